The number of piperidine rings is 1. The van der Waals surface area contributed by atoms with Crippen molar-refractivity contribution in [2.45, 2.75) is 33.1 Å². The van der Waals surface area contributed by atoms with Gasteiger partial charge in [0.05, 0.1) is 26.2 Å². The molecule has 0 amide bonds. The lowest BCUT2D eigenvalue weighted by atomic mass is 9.98. The fourth-order valence-electron chi connectivity index (χ4n) is 3.08. The summed E-state index contributed by atoms with van der Waals surface area (Å²) in [6.07, 6.45) is 2.91. The van der Waals surface area contributed by atoms with E-state index in [0.717, 1.165) is 56.0 Å². The van der Waals surface area contributed by atoms with Crippen LogP contribution in [0.4, 0.5) is 0 Å². The van der Waals surface area contributed by atoms with Crippen molar-refractivity contribution in [1.82, 2.24) is 4.90 Å². The Morgan fingerprint density at radius 3 is 2.92 bits per heavy atom. The third-order valence-electron chi connectivity index (χ3n) is 4.32. The summed E-state index contributed by atoms with van der Waals surface area (Å²) in [4.78, 5) is 14.2. The van der Waals surface area contributed by atoms with E-state index in [4.69, 9.17) is 14.2 Å². The fourth-order valence-corrected chi connectivity index (χ4v) is 3.08. The van der Waals surface area contributed by atoms with Crippen LogP contribution in [0.15, 0.2) is 18.2 Å². The summed E-state index contributed by atoms with van der Waals surface area (Å²) in [5, 5.41) is 0. The molecule has 2 rings (SSSR count). The number of hydrogen-bond donors (Lipinski definition) is 0. The van der Waals surface area contributed by atoms with E-state index >= 15 is 0 Å². The summed E-state index contributed by atoms with van der Waals surface area (Å²) >= 11 is 0. The molecular formula is C19H29NO4. The van der Waals surface area contributed by atoms with E-state index in [-0.39, 0.29) is 11.9 Å². The predicted octanol–water partition coefficient (Wildman–Crippen LogP) is 3.05. The molecule has 1 heterocycles. The Morgan fingerprint density at radius 2 is 2.17 bits per heavy atom. The van der Waals surface area contributed by atoms with Gasteiger partial charge in [0.25, 0.3) is 0 Å². The molecule has 0 saturated carbocycles. The molecule has 0 aliphatic carbocycles. The Labute approximate surface area is 144 Å². The minimum Gasteiger partial charge on any atom is -0.493 e. The molecule has 0 unspecified atom stereocenters. The van der Waals surface area contributed by atoms with E-state index in [1.165, 1.54) is 0 Å². The first kappa shape index (κ1) is 18.6. The monoisotopic (exact) mass is 335 g/mol. The van der Waals surface area contributed by atoms with E-state index in [0.29, 0.717) is 13.2 Å². The third-order valence-corrected chi connectivity index (χ3v) is 4.32. The molecule has 0 spiro atoms. The number of esters is 1. The molecule has 24 heavy (non-hydrogen) atoms. The Kier molecular flexibility index (Phi) is 7.37. The van der Waals surface area contributed by atoms with E-state index in [1.807, 2.05) is 32.0 Å². The smallest absolute Gasteiger partial charge is 0.310 e. The zero-order chi connectivity index (χ0) is 17.4. The highest BCUT2D eigenvalue weighted by molar-refractivity contribution is 5.72. The van der Waals surface area contributed by atoms with Crippen LogP contribution in [0.1, 0.15) is 31.7 Å². The van der Waals surface area contributed by atoms with Gasteiger partial charge in [-0.15, -0.1) is 0 Å². The first-order valence-corrected chi connectivity index (χ1v) is 8.80. The number of likely N-dealkylation sites (tertiary alicyclic amines) is 1. The number of methoxy groups -OCH3 is 1. The van der Waals surface area contributed by atoms with Crippen LogP contribution in [-0.2, 0) is 9.53 Å². The van der Waals surface area contributed by atoms with Crippen LogP contribution in [0, 0.1) is 12.8 Å². The lowest BCUT2D eigenvalue weighted by Crippen LogP contribution is -2.40. The summed E-state index contributed by atoms with van der Waals surface area (Å²) in [6, 6.07) is 5.95. The van der Waals surface area contributed by atoms with E-state index in [1.54, 1.807) is 7.11 Å². The van der Waals surface area contributed by atoms with Gasteiger partial charge in [-0.3, -0.25) is 4.79 Å². The van der Waals surface area contributed by atoms with Gasteiger partial charge in [0.2, 0.25) is 0 Å². The second-order valence-corrected chi connectivity index (χ2v) is 6.25. The molecule has 5 heteroatoms. The summed E-state index contributed by atoms with van der Waals surface area (Å²) in [6.45, 7) is 7.76. The van der Waals surface area contributed by atoms with Crippen LogP contribution in [0.3, 0.4) is 0 Å². The maximum atomic E-state index is 11.9. The molecule has 1 aliphatic rings. The molecule has 5 nitrogen and oxygen atoms in total. The zero-order valence-electron chi connectivity index (χ0n) is 15.0. The van der Waals surface area contributed by atoms with Gasteiger partial charge in [0.15, 0.2) is 11.5 Å². The lowest BCUT2D eigenvalue weighted by molar-refractivity contribution is -0.149. The topological polar surface area (TPSA) is 48.0 Å². The first-order chi connectivity index (χ1) is 11.6. The average molecular weight is 335 g/mol. The van der Waals surface area contributed by atoms with Gasteiger partial charge in [-0.1, -0.05) is 6.07 Å². The number of benzene rings is 1. The van der Waals surface area contributed by atoms with Crippen LogP contribution in [0.25, 0.3) is 0 Å². The minimum absolute atomic E-state index is 0.0248. The summed E-state index contributed by atoms with van der Waals surface area (Å²) in [7, 11) is 1.66. The van der Waals surface area contributed by atoms with Crippen LogP contribution < -0.4 is 9.47 Å². The molecule has 1 atom stereocenters. The molecule has 1 aromatic rings. The molecular weight excluding hydrogens is 306 g/mol. The molecule has 0 radical (unpaired) electrons. The summed E-state index contributed by atoms with van der Waals surface area (Å²) < 4.78 is 16.3. The maximum absolute atomic E-state index is 11.9. The van der Waals surface area contributed by atoms with Crippen molar-refractivity contribution in [2.24, 2.45) is 5.92 Å². The number of carbonyl (C=O) groups is 1. The van der Waals surface area contributed by atoms with Crippen LogP contribution in [0.5, 0.6) is 11.5 Å². The Hall–Kier alpha value is -1.75. The molecule has 1 fully saturated rings. The summed E-state index contributed by atoms with van der Waals surface area (Å²) in [5.41, 5.74) is 1.15. The van der Waals surface area contributed by atoms with Crippen molar-refractivity contribution in [1.29, 1.82) is 0 Å². The number of ether oxygens (including phenoxy) is 3. The van der Waals surface area contributed by atoms with Crippen molar-refractivity contribution in [3.8, 4) is 11.5 Å². The van der Waals surface area contributed by atoms with Crippen molar-refractivity contribution >= 4 is 5.97 Å². The minimum atomic E-state index is -0.0529. The molecule has 1 saturated heterocycles. The molecule has 0 N–H and O–H groups in total. The normalized spacial score (nSPS) is 18.2. The number of aryl methyl sites for hydroxylation is 1. The first-order valence-electron chi connectivity index (χ1n) is 8.80. The van der Waals surface area contributed by atoms with Crippen molar-refractivity contribution in [3.05, 3.63) is 23.8 Å². The van der Waals surface area contributed by atoms with Crippen LogP contribution in [0.2, 0.25) is 0 Å². The zero-order valence-corrected chi connectivity index (χ0v) is 15.0. The second kappa shape index (κ2) is 9.52. The van der Waals surface area contributed by atoms with Gasteiger partial charge >= 0.3 is 5.97 Å². The summed E-state index contributed by atoms with van der Waals surface area (Å²) in [5.74, 6) is 1.53. The quantitative estimate of drug-likeness (QED) is 0.540. The third kappa shape index (κ3) is 5.41. The van der Waals surface area contributed by atoms with Crippen molar-refractivity contribution < 1.29 is 19.0 Å². The van der Waals surface area contributed by atoms with Gasteiger partial charge < -0.3 is 19.1 Å². The van der Waals surface area contributed by atoms with Crippen molar-refractivity contribution in [3.63, 3.8) is 0 Å². The largest absolute Gasteiger partial charge is 0.493 e. The highest BCUT2D eigenvalue weighted by Gasteiger charge is 2.26. The molecule has 1 aliphatic heterocycles. The van der Waals surface area contributed by atoms with Crippen LogP contribution >= 0.6 is 0 Å². The second-order valence-electron chi connectivity index (χ2n) is 6.25. The van der Waals surface area contributed by atoms with E-state index in [9.17, 15) is 4.79 Å². The maximum Gasteiger partial charge on any atom is 0.310 e. The number of carbonyl (C=O) groups excluding carboxylic acids is 1. The fraction of sp³-hybridized carbons (Fsp3) is 0.632. The van der Waals surface area contributed by atoms with E-state index in [2.05, 4.69) is 4.90 Å². The highest BCUT2D eigenvalue weighted by Crippen LogP contribution is 2.27. The van der Waals surface area contributed by atoms with Gasteiger partial charge in [-0.2, -0.15) is 0 Å². The van der Waals surface area contributed by atoms with E-state index < -0.39 is 0 Å². The van der Waals surface area contributed by atoms with Gasteiger partial charge in [0.1, 0.15) is 0 Å². The Morgan fingerprint density at radius 1 is 1.33 bits per heavy atom. The highest BCUT2D eigenvalue weighted by atomic mass is 16.5. The van der Waals surface area contributed by atoms with Gasteiger partial charge in [-0.25, -0.2) is 0 Å². The Balaban J connectivity index is 1.73. The lowest BCUT2D eigenvalue weighted by Gasteiger charge is -2.31. The molecule has 134 valence electrons. The Bertz CT molecular complexity index is 532. The number of nitrogens with zero attached hydrogens (tertiary/aromatic N) is 1. The SMILES string of the molecule is CCOC(=O)[C@@H]1CCCN(CCCOc2ccc(C)cc2OC)C1. The van der Waals surface area contributed by atoms with Gasteiger partial charge in [-0.05, 0) is 57.4 Å². The number of hydrogen-bond acceptors (Lipinski definition) is 5. The standard InChI is InChI=1S/C19H29NO4/c1-4-23-19(21)16-7-5-10-20(14-16)11-6-12-24-17-9-8-15(2)13-18(17)22-3/h8-9,13,16H,4-7,10-12,14H2,1-3H3/t16-/m1/s1. The number of rotatable bonds is 8. The molecule has 0 aromatic heterocycles. The van der Waals surface area contributed by atoms with Gasteiger partial charge in [0, 0.05) is 13.1 Å². The average Bonchev–Trinajstić information content (AvgIpc) is 2.60. The van der Waals surface area contributed by atoms with Crippen LogP contribution in [-0.4, -0.2) is 50.8 Å². The molecule has 1 aromatic carbocycles. The predicted molar refractivity (Wildman–Crippen MR) is 93.6 cm³/mol. The molecule has 0 bridgehead atoms. The van der Waals surface area contributed by atoms with Crippen molar-refractivity contribution in [2.75, 3.05) is 40.0 Å².